The lowest BCUT2D eigenvalue weighted by Crippen LogP contribution is -2.44. The lowest BCUT2D eigenvalue weighted by Gasteiger charge is -2.29. The summed E-state index contributed by atoms with van der Waals surface area (Å²) in [6, 6.07) is 13.9. The predicted octanol–water partition coefficient (Wildman–Crippen LogP) is 2.98. The maximum Gasteiger partial charge on any atom is 0.321 e. The molecule has 0 fully saturated rings. The Morgan fingerprint density at radius 1 is 1.00 bits per heavy atom. The summed E-state index contributed by atoms with van der Waals surface area (Å²) in [6.07, 6.45) is -0.0439. The minimum atomic E-state index is -1.88. The van der Waals surface area contributed by atoms with Gasteiger partial charge in [0.1, 0.15) is 5.75 Å². The van der Waals surface area contributed by atoms with Gasteiger partial charge in [0.15, 0.2) is 5.41 Å². The van der Waals surface area contributed by atoms with E-state index in [1.54, 1.807) is 60.2 Å². The molecule has 7 heteroatoms. The van der Waals surface area contributed by atoms with E-state index in [4.69, 9.17) is 4.74 Å². The van der Waals surface area contributed by atoms with Crippen molar-refractivity contribution in [1.82, 2.24) is 4.57 Å². The van der Waals surface area contributed by atoms with Gasteiger partial charge in [-0.3, -0.25) is 19.0 Å². The highest BCUT2D eigenvalue weighted by Gasteiger charge is 2.50. The van der Waals surface area contributed by atoms with Crippen LogP contribution in [0.25, 0.3) is 10.9 Å². The van der Waals surface area contributed by atoms with Gasteiger partial charge in [-0.2, -0.15) is 0 Å². The van der Waals surface area contributed by atoms with Crippen LogP contribution >= 0.6 is 0 Å². The van der Waals surface area contributed by atoms with Gasteiger partial charge in [-0.1, -0.05) is 18.2 Å². The van der Waals surface area contributed by atoms with E-state index >= 15 is 0 Å². The number of fused-ring (bicyclic) bond motifs is 3. The van der Waals surface area contributed by atoms with Crippen molar-refractivity contribution < 1.29 is 29.3 Å². The van der Waals surface area contributed by atoms with Crippen LogP contribution in [0.4, 0.5) is 0 Å². The van der Waals surface area contributed by atoms with E-state index in [0.29, 0.717) is 33.5 Å². The second-order valence-corrected chi connectivity index (χ2v) is 7.18. The Morgan fingerprint density at radius 2 is 1.66 bits per heavy atom. The molecule has 1 aliphatic rings. The number of nitrogens with zero attached hydrogens (tertiary/aromatic N) is 1. The van der Waals surface area contributed by atoms with E-state index in [0.717, 1.165) is 0 Å². The van der Waals surface area contributed by atoms with Crippen LogP contribution in [0.2, 0.25) is 0 Å². The van der Waals surface area contributed by atoms with Crippen molar-refractivity contribution in [2.75, 3.05) is 7.11 Å². The maximum absolute atomic E-state index is 13.3. The summed E-state index contributed by atoms with van der Waals surface area (Å²) in [5.74, 6) is -2.32. The zero-order valence-corrected chi connectivity index (χ0v) is 15.7. The van der Waals surface area contributed by atoms with E-state index in [1.807, 2.05) is 0 Å². The Balaban J connectivity index is 1.89. The number of para-hydroxylation sites is 1. The van der Waals surface area contributed by atoms with E-state index < -0.39 is 17.4 Å². The van der Waals surface area contributed by atoms with Gasteiger partial charge >= 0.3 is 11.9 Å². The summed E-state index contributed by atoms with van der Waals surface area (Å²) in [5, 5.41) is 20.0. The van der Waals surface area contributed by atoms with Crippen molar-refractivity contribution in [3.63, 3.8) is 0 Å². The van der Waals surface area contributed by atoms with Gasteiger partial charge in [0.25, 0.3) is 5.91 Å². The molecule has 148 valence electrons. The summed E-state index contributed by atoms with van der Waals surface area (Å²) in [5.41, 5.74) is 0.502. The first-order valence-corrected chi connectivity index (χ1v) is 9.16. The molecule has 2 N–H and O–H groups in total. The van der Waals surface area contributed by atoms with E-state index in [-0.39, 0.29) is 25.2 Å². The van der Waals surface area contributed by atoms with Crippen molar-refractivity contribution >= 4 is 28.7 Å². The molecule has 0 unspecified atom stereocenters. The molecule has 1 aromatic heterocycles. The number of carbonyl (C=O) groups excluding carboxylic acids is 1. The number of benzene rings is 2. The van der Waals surface area contributed by atoms with Crippen LogP contribution in [0, 0.1) is 5.41 Å². The van der Waals surface area contributed by atoms with E-state index in [2.05, 4.69) is 0 Å². The number of aromatic nitrogens is 1. The lowest BCUT2D eigenvalue weighted by molar-refractivity contribution is -0.165. The summed E-state index contributed by atoms with van der Waals surface area (Å²) >= 11 is 0. The van der Waals surface area contributed by atoms with Crippen molar-refractivity contribution in [2.24, 2.45) is 5.41 Å². The minimum Gasteiger partial charge on any atom is -0.497 e. The fourth-order valence-electron chi connectivity index (χ4n) is 4.09. The first-order valence-electron chi connectivity index (χ1n) is 9.16. The summed E-state index contributed by atoms with van der Waals surface area (Å²) in [7, 11) is 1.55. The molecule has 0 saturated heterocycles. The van der Waals surface area contributed by atoms with Gasteiger partial charge in [0.05, 0.1) is 12.6 Å². The minimum absolute atomic E-state index is 0.0725. The maximum atomic E-state index is 13.3. The molecule has 0 radical (unpaired) electrons. The lowest BCUT2D eigenvalue weighted by atomic mass is 9.72. The summed E-state index contributed by atoms with van der Waals surface area (Å²) in [6.45, 7) is 0. The second-order valence-electron chi connectivity index (χ2n) is 7.18. The molecule has 7 nitrogen and oxygen atoms in total. The predicted molar refractivity (Wildman–Crippen MR) is 104 cm³/mol. The molecule has 0 amide bonds. The van der Waals surface area contributed by atoms with Crippen LogP contribution in [-0.2, 0) is 22.4 Å². The number of aliphatic carboxylic acids is 2. The Kier molecular flexibility index (Phi) is 4.38. The van der Waals surface area contributed by atoms with Gasteiger partial charge in [-0.15, -0.1) is 0 Å². The first-order chi connectivity index (χ1) is 13.9. The first kappa shape index (κ1) is 18.7. The van der Waals surface area contributed by atoms with Gasteiger partial charge < -0.3 is 14.9 Å². The molecule has 0 spiro atoms. The summed E-state index contributed by atoms with van der Waals surface area (Å²) < 4.78 is 6.72. The number of rotatable bonds is 4. The molecule has 29 heavy (non-hydrogen) atoms. The molecule has 4 rings (SSSR count). The van der Waals surface area contributed by atoms with Crippen molar-refractivity contribution in [3.8, 4) is 5.75 Å². The quantitative estimate of drug-likeness (QED) is 0.660. The fourth-order valence-corrected chi connectivity index (χ4v) is 4.09. The Hall–Kier alpha value is -3.61. The number of carboxylic acid groups (broad SMARTS) is 2. The van der Waals surface area contributed by atoms with Crippen LogP contribution < -0.4 is 4.74 Å². The van der Waals surface area contributed by atoms with Crippen LogP contribution in [0.3, 0.4) is 0 Å². The normalized spacial score (nSPS) is 14.9. The van der Waals surface area contributed by atoms with Gasteiger partial charge in [-0.05, 0) is 48.7 Å². The second kappa shape index (κ2) is 6.77. The van der Waals surface area contributed by atoms with E-state index in [1.165, 1.54) is 0 Å². The van der Waals surface area contributed by atoms with Crippen LogP contribution in [-0.4, -0.2) is 39.7 Å². The molecule has 1 aliphatic carbocycles. The van der Waals surface area contributed by atoms with Crippen LogP contribution in [0.1, 0.15) is 28.0 Å². The van der Waals surface area contributed by atoms with Gasteiger partial charge in [0, 0.05) is 23.1 Å². The zero-order valence-electron chi connectivity index (χ0n) is 15.7. The number of hydrogen-bond donors (Lipinski definition) is 2. The molecule has 0 aliphatic heterocycles. The highest BCUT2D eigenvalue weighted by atomic mass is 16.5. The molecule has 0 bridgehead atoms. The van der Waals surface area contributed by atoms with Crippen LogP contribution in [0.5, 0.6) is 5.75 Å². The highest BCUT2D eigenvalue weighted by Crippen LogP contribution is 2.41. The third-order valence-electron chi connectivity index (χ3n) is 5.71. The third kappa shape index (κ3) is 2.77. The molecule has 1 heterocycles. The van der Waals surface area contributed by atoms with E-state index in [9.17, 15) is 24.6 Å². The largest absolute Gasteiger partial charge is 0.497 e. The van der Waals surface area contributed by atoms with Crippen molar-refractivity contribution in [1.29, 1.82) is 0 Å². The molecular weight excluding hydrogens is 374 g/mol. The number of carbonyl (C=O) groups is 3. The molecule has 3 aromatic rings. The Morgan fingerprint density at radius 3 is 2.28 bits per heavy atom. The van der Waals surface area contributed by atoms with Crippen molar-refractivity contribution in [2.45, 2.75) is 19.3 Å². The Bertz CT molecular complexity index is 1130. The number of hydrogen-bond acceptors (Lipinski definition) is 4. The van der Waals surface area contributed by atoms with Crippen molar-refractivity contribution in [3.05, 3.63) is 65.4 Å². The number of carboxylic acids is 2. The SMILES string of the molecule is COc1ccc(C(=O)n2c3c(c4ccccc42)CC(C(=O)O)(C(=O)O)CC3)cc1. The summed E-state index contributed by atoms with van der Waals surface area (Å²) in [4.78, 5) is 37.0. The van der Waals surface area contributed by atoms with Gasteiger partial charge in [0.2, 0.25) is 0 Å². The van der Waals surface area contributed by atoms with Crippen LogP contribution in [0.15, 0.2) is 48.5 Å². The van der Waals surface area contributed by atoms with Gasteiger partial charge in [-0.25, -0.2) is 0 Å². The molecule has 2 aromatic carbocycles. The average molecular weight is 393 g/mol. The molecule has 0 saturated carbocycles. The third-order valence-corrected chi connectivity index (χ3v) is 5.71. The highest BCUT2D eigenvalue weighted by molar-refractivity contribution is 6.05. The topological polar surface area (TPSA) is 106 Å². The molecule has 0 atom stereocenters. The molecular formula is C22H19NO6. The number of methoxy groups -OCH3 is 1. The number of ether oxygens (including phenoxy) is 1. The zero-order chi connectivity index (χ0) is 20.8. The monoisotopic (exact) mass is 393 g/mol. The standard InChI is InChI=1S/C22H19NO6/c1-29-14-8-6-13(7-9-14)19(24)23-17-5-3-2-4-15(17)16-12-22(20(25)26,21(27)28)11-10-18(16)23/h2-9H,10-12H2,1H3,(H,25,26)(H,27,28). The fraction of sp³-hybridized carbons (Fsp3) is 0.227. The Labute approximate surface area is 166 Å². The smallest absolute Gasteiger partial charge is 0.321 e. The average Bonchev–Trinajstić information content (AvgIpc) is 3.06.